The Morgan fingerprint density at radius 3 is 2.80 bits per heavy atom. The van der Waals surface area contributed by atoms with Crippen molar-refractivity contribution in [3.8, 4) is 0 Å². The summed E-state index contributed by atoms with van der Waals surface area (Å²) in [7, 11) is 0. The molecule has 2 atom stereocenters. The molecule has 0 radical (unpaired) electrons. The lowest BCUT2D eigenvalue weighted by atomic mass is 10.0. The molecule has 1 aromatic rings. The van der Waals surface area contributed by atoms with Gasteiger partial charge < -0.3 is 4.90 Å². The third kappa shape index (κ3) is 2.46. The minimum atomic E-state index is -0.398. The summed E-state index contributed by atoms with van der Waals surface area (Å²) in [6.45, 7) is 5.02. The van der Waals surface area contributed by atoms with Gasteiger partial charge in [0.05, 0.1) is 10.2 Å². The first-order valence-corrected chi connectivity index (χ1v) is 8.04. The molecule has 20 heavy (non-hydrogen) atoms. The van der Waals surface area contributed by atoms with Crippen LogP contribution in [0.1, 0.15) is 26.2 Å². The summed E-state index contributed by atoms with van der Waals surface area (Å²) in [6, 6.07) is 3.31. The van der Waals surface area contributed by atoms with Gasteiger partial charge in [0.2, 0.25) is 0 Å². The zero-order chi connectivity index (χ0) is 14.3. The van der Waals surface area contributed by atoms with Gasteiger partial charge in [-0.25, -0.2) is 8.78 Å². The highest BCUT2D eigenvalue weighted by Gasteiger charge is 2.36. The van der Waals surface area contributed by atoms with Crippen molar-refractivity contribution in [3.63, 3.8) is 0 Å². The van der Waals surface area contributed by atoms with Crippen LogP contribution in [0.5, 0.6) is 0 Å². The summed E-state index contributed by atoms with van der Waals surface area (Å²) in [4.78, 5) is 4.56. The third-order valence-corrected chi connectivity index (χ3v) is 5.17. The number of halogens is 3. The molecule has 0 N–H and O–H groups in total. The fourth-order valence-corrected chi connectivity index (χ4v) is 3.78. The summed E-state index contributed by atoms with van der Waals surface area (Å²) in [5, 5.41) is 0. The van der Waals surface area contributed by atoms with Crippen molar-refractivity contribution in [3.05, 3.63) is 28.2 Å². The van der Waals surface area contributed by atoms with E-state index in [4.69, 9.17) is 0 Å². The maximum Gasteiger partial charge on any atom is 0.147 e. The quantitative estimate of drug-likeness (QED) is 0.753. The fourth-order valence-electron chi connectivity index (χ4n) is 3.46. The molecule has 0 aliphatic carbocycles. The maximum atomic E-state index is 14.2. The molecule has 110 valence electrons. The number of fused-ring (bicyclic) bond motifs is 1. The second-order valence-electron chi connectivity index (χ2n) is 5.72. The Kier molecular flexibility index (Phi) is 4.00. The van der Waals surface area contributed by atoms with Gasteiger partial charge in [0, 0.05) is 31.2 Å². The second-order valence-corrected chi connectivity index (χ2v) is 6.58. The Hall–Kier alpha value is -0.680. The van der Waals surface area contributed by atoms with Gasteiger partial charge in [0.15, 0.2) is 0 Å². The standard InChI is InChI=1S/C15H19BrF2N2/c1-2-10-8-19-5-3-4-11(19)9-20(10)15-7-13(17)12(16)6-14(15)18/h6-7,10-11H,2-5,8-9H2,1H3. The van der Waals surface area contributed by atoms with E-state index in [1.807, 2.05) is 0 Å². The first-order valence-electron chi connectivity index (χ1n) is 7.25. The maximum absolute atomic E-state index is 14.2. The summed E-state index contributed by atoms with van der Waals surface area (Å²) >= 11 is 3.04. The van der Waals surface area contributed by atoms with Gasteiger partial charge >= 0.3 is 0 Å². The monoisotopic (exact) mass is 344 g/mol. The van der Waals surface area contributed by atoms with E-state index in [2.05, 4.69) is 32.7 Å². The minimum Gasteiger partial charge on any atom is -0.363 e. The van der Waals surface area contributed by atoms with E-state index in [0.717, 1.165) is 32.5 Å². The van der Waals surface area contributed by atoms with Gasteiger partial charge in [-0.1, -0.05) is 6.92 Å². The molecule has 0 saturated carbocycles. The van der Waals surface area contributed by atoms with Crippen LogP contribution in [0.2, 0.25) is 0 Å². The predicted molar refractivity (Wildman–Crippen MR) is 80.1 cm³/mol. The average molecular weight is 345 g/mol. The third-order valence-electron chi connectivity index (χ3n) is 4.56. The van der Waals surface area contributed by atoms with Gasteiger partial charge in [-0.2, -0.15) is 0 Å². The first kappa shape index (κ1) is 14.3. The van der Waals surface area contributed by atoms with Crippen molar-refractivity contribution in [2.45, 2.75) is 38.3 Å². The van der Waals surface area contributed by atoms with Gasteiger partial charge in [-0.3, -0.25) is 4.90 Å². The molecule has 0 amide bonds. The van der Waals surface area contributed by atoms with E-state index in [-0.39, 0.29) is 16.3 Å². The molecule has 2 heterocycles. The van der Waals surface area contributed by atoms with Crippen molar-refractivity contribution in [2.75, 3.05) is 24.5 Å². The van der Waals surface area contributed by atoms with Crippen LogP contribution in [0.4, 0.5) is 14.5 Å². The second kappa shape index (κ2) is 5.60. The number of nitrogens with zero attached hydrogens (tertiary/aromatic N) is 2. The minimum absolute atomic E-state index is 0.186. The molecular formula is C15H19BrF2N2. The first-order chi connectivity index (χ1) is 9.60. The van der Waals surface area contributed by atoms with Crippen molar-refractivity contribution in [1.29, 1.82) is 0 Å². The Labute approximate surface area is 126 Å². The van der Waals surface area contributed by atoms with Crippen LogP contribution in [0.3, 0.4) is 0 Å². The number of benzene rings is 1. The van der Waals surface area contributed by atoms with Gasteiger partial charge in [0.1, 0.15) is 11.6 Å². The zero-order valence-corrected chi connectivity index (χ0v) is 13.2. The molecule has 2 unspecified atom stereocenters. The molecular weight excluding hydrogens is 326 g/mol. The molecule has 1 aromatic carbocycles. The van der Waals surface area contributed by atoms with Crippen LogP contribution in [0.25, 0.3) is 0 Å². The summed E-state index contributed by atoms with van der Waals surface area (Å²) in [5.41, 5.74) is 0.407. The van der Waals surface area contributed by atoms with E-state index in [0.29, 0.717) is 11.7 Å². The van der Waals surface area contributed by atoms with Crippen molar-refractivity contribution in [1.82, 2.24) is 4.90 Å². The van der Waals surface area contributed by atoms with E-state index >= 15 is 0 Å². The molecule has 2 saturated heterocycles. The van der Waals surface area contributed by atoms with Crippen LogP contribution >= 0.6 is 15.9 Å². The Bertz CT molecular complexity index is 509. The molecule has 2 nitrogen and oxygen atoms in total. The summed E-state index contributed by atoms with van der Waals surface area (Å²) < 4.78 is 28.2. The lowest BCUT2D eigenvalue weighted by Gasteiger charge is -2.45. The fraction of sp³-hybridized carbons (Fsp3) is 0.600. The van der Waals surface area contributed by atoms with Crippen LogP contribution in [0.15, 0.2) is 16.6 Å². The summed E-state index contributed by atoms with van der Waals surface area (Å²) in [6.07, 6.45) is 3.32. The molecule has 0 bridgehead atoms. The number of hydrogen-bond acceptors (Lipinski definition) is 2. The van der Waals surface area contributed by atoms with Crippen molar-refractivity contribution in [2.24, 2.45) is 0 Å². The van der Waals surface area contributed by atoms with E-state index in [1.54, 1.807) is 0 Å². The van der Waals surface area contributed by atoms with Crippen LogP contribution in [-0.2, 0) is 0 Å². The lowest BCUT2D eigenvalue weighted by molar-refractivity contribution is 0.194. The number of hydrogen-bond donors (Lipinski definition) is 0. The molecule has 0 aromatic heterocycles. The Balaban J connectivity index is 1.92. The highest BCUT2D eigenvalue weighted by molar-refractivity contribution is 9.10. The highest BCUT2D eigenvalue weighted by atomic mass is 79.9. The largest absolute Gasteiger partial charge is 0.363 e. The predicted octanol–water partition coefficient (Wildman–Crippen LogP) is 3.79. The zero-order valence-electron chi connectivity index (χ0n) is 11.6. The van der Waals surface area contributed by atoms with Crippen LogP contribution in [-0.4, -0.2) is 36.6 Å². The number of rotatable bonds is 2. The average Bonchev–Trinajstić information content (AvgIpc) is 2.88. The smallest absolute Gasteiger partial charge is 0.147 e. The molecule has 0 spiro atoms. The Morgan fingerprint density at radius 1 is 1.25 bits per heavy atom. The molecule has 2 aliphatic rings. The molecule has 2 fully saturated rings. The lowest BCUT2D eigenvalue weighted by Crippen LogP contribution is -2.56. The summed E-state index contributed by atoms with van der Waals surface area (Å²) in [5.74, 6) is -0.742. The number of piperazine rings is 1. The topological polar surface area (TPSA) is 6.48 Å². The van der Waals surface area contributed by atoms with E-state index in [1.165, 1.54) is 18.6 Å². The normalized spacial score (nSPS) is 26.9. The van der Waals surface area contributed by atoms with Gasteiger partial charge in [-0.15, -0.1) is 0 Å². The van der Waals surface area contributed by atoms with Gasteiger partial charge in [0.25, 0.3) is 0 Å². The van der Waals surface area contributed by atoms with Crippen LogP contribution < -0.4 is 4.90 Å². The SMILES string of the molecule is CCC1CN2CCCC2CN1c1cc(F)c(Br)cc1F. The molecule has 2 aliphatic heterocycles. The van der Waals surface area contributed by atoms with Gasteiger partial charge in [-0.05, 0) is 47.8 Å². The van der Waals surface area contributed by atoms with E-state index < -0.39 is 5.82 Å². The van der Waals surface area contributed by atoms with Crippen molar-refractivity contribution < 1.29 is 8.78 Å². The molecule has 5 heteroatoms. The van der Waals surface area contributed by atoms with Crippen molar-refractivity contribution >= 4 is 21.6 Å². The highest BCUT2D eigenvalue weighted by Crippen LogP contribution is 2.33. The van der Waals surface area contributed by atoms with Crippen LogP contribution in [0, 0.1) is 11.6 Å². The number of anilines is 1. The molecule has 3 rings (SSSR count). The Morgan fingerprint density at radius 2 is 2.05 bits per heavy atom. The van der Waals surface area contributed by atoms with E-state index in [9.17, 15) is 8.78 Å².